The van der Waals surface area contributed by atoms with E-state index in [2.05, 4.69) is 22.1 Å². The summed E-state index contributed by atoms with van der Waals surface area (Å²) < 4.78 is 5.04. The number of rotatable bonds is 4. The van der Waals surface area contributed by atoms with Gasteiger partial charge in [0.05, 0.1) is 11.5 Å². The Bertz CT molecular complexity index is 794. The number of nitro groups is 1. The van der Waals surface area contributed by atoms with Crippen molar-refractivity contribution in [3.05, 3.63) is 69.5 Å². The maximum atomic E-state index is 11.5. The summed E-state index contributed by atoms with van der Waals surface area (Å²) in [6, 6.07) is 10.7. The first-order chi connectivity index (χ1) is 11.6. The minimum absolute atomic E-state index is 0.0827. The molecule has 0 fully saturated rings. The summed E-state index contributed by atoms with van der Waals surface area (Å²) in [6.45, 7) is 1.96. The zero-order chi connectivity index (χ0) is 17.4. The van der Waals surface area contributed by atoms with Crippen LogP contribution in [0.1, 0.15) is 16.8 Å². The molecule has 0 unspecified atom stereocenters. The number of aromatic nitrogens is 1. The van der Waals surface area contributed by atoms with Crippen molar-refractivity contribution in [2.24, 2.45) is 0 Å². The van der Waals surface area contributed by atoms with Gasteiger partial charge in [0.1, 0.15) is 18.5 Å². The van der Waals surface area contributed by atoms with Crippen molar-refractivity contribution in [3.8, 4) is 11.8 Å². The molecule has 0 saturated carbocycles. The minimum Gasteiger partial charge on any atom is -0.445 e. The van der Waals surface area contributed by atoms with Crippen LogP contribution in [0.3, 0.4) is 0 Å². The van der Waals surface area contributed by atoms with Crippen molar-refractivity contribution < 1.29 is 14.5 Å². The molecule has 0 aliphatic heterocycles. The second kappa shape index (κ2) is 8.29. The number of carbonyl (C=O) groups is 1. The van der Waals surface area contributed by atoms with Crippen molar-refractivity contribution in [2.45, 2.75) is 13.5 Å². The Morgan fingerprint density at radius 3 is 2.79 bits per heavy atom. The van der Waals surface area contributed by atoms with E-state index in [1.807, 2.05) is 30.3 Å². The minimum atomic E-state index is -0.568. The maximum Gasteiger partial charge on any atom is 0.408 e. The molecule has 2 rings (SSSR count). The molecular formula is C17H15N3O4. The predicted molar refractivity (Wildman–Crippen MR) is 87.1 cm³/mol. The third kappa shape index (κ3) is 5.10. The van der Waals surface area contributed by atoms with E-state index in [0.717, 1.165) is 11.8 Å². The van der Waals surface area contributed by atoms with Crippen molar-refractivity contribution in [2.75, 3.05) is 6.54 Å². The smallest absolute Gasteiger partial charge is 0.408 e. The molecule has 0 spiro atoms. The number of nitrogens with one attached hydrogen (secondary N) is 1. The number of aryl methyl sites for hydroxylation is 1. The Morgan fingerprint density at radius 1 is 1.38 bits per heavy atom. The third-order valence-corrected chi connectivity index (χ3v) is 3.02. The van der Waals surface area contributed by atoms with Crippen molar-refractivity contribution in [1.29, 1.82) is 0 Å². The van der Waals surface area contributed by atoms with E-state index in [1.54, 1.807) is 6.92 Å². The lowest BCUT2D eigenvalue weighted by atomic mass is 10.2. The Hall–Kier alpha value is -3.40. The zero-order valence-corrected chi connectivity index (χ0v) is 13.0. The van der Waals surface area contributed by atoms with E-state index < -0.39 is 11.0 Å². The fourth-order valence-electron chi connectivity index (χ4n) is 1.81. The third-order valence-electron chi connectivity index (χ3n) is 3.02. The molecule has 1 aromatic heterocycles. The SMILES string of the molecule is Cc1cc([N+](=O)[O-])cnc1C#CCNC(=O)OCc1ccccc1. The molecule has 1 amide bonds. The van der Waals surface area contributed by atoms with Crippen LogP contribution in [0.25, 0.3) is 0 Å². The number of hydrogen-bond acceptors (Lipinski definition) is 5. The molecule has 1 aromatic carbocycles. The number of carbonyl (C=O) groups excluding carboxylic acids is 1. The normalized spacial score (nSPS) is 9.54. The second-order valence-corrected chi connectivity index (χ2v) is 4.83. The Labute approximate surface area is 138 Å². The van der Waals surface area contributed by atoms with Gasteiger partial charge in [-0.05, 0) is 24.0 Å². The van der Waals surface area contributed by atoms with E-state index in [9.17, 15) is 14.9 Å². The lowest BCUT2D eigenvalue weighted by Crippen LogP contribution is -2.24. The number of nitrogens with zero attached hydrogens (tertiary/aromatic N) is 2. The van der Waals surface area contributed by atoms with Crippen LogP contribution in [0.15, 0.2) is 42.6 Å². The standard InChI is InChI=1S/C17H15N3O4/c1-13-10-15(20(22)23)11-19-16(13)8-5-9-18-17(21)24-12-14-6-3-2-4-7-14/h2-4,6-7,10-11H,9,12H2,1H3,(H,18,21). The molecule has 0 radical (unpaired) electrons. The summed E-state index contributed by atoms with van der Waals surface area (Å²) in [5.41, 5.74) is 1.84. The number of pyridine rings is 1. The zero-order valence-electron chi connectivity index (χ0n) is 13.0. The molecule has 122 valence electrons. The molecule has 2 aromatic rings. The fraction of sp³-hybridized carbons (Fsp3) is 0.176. The molecule has 24 heavy (non-hydrogen) atoms. The molecular weight excluding hydrogens is 310 g/mol. The van der Waals surface area contributed by atoms with Gasteiger partial charge in [-0.15, -0.1) is 0 Å². The van der Waals surface area contributed by atoms with E-state index in [-0.39, 0.29) is 18.8 Å². The van der Waals surface area contributed by atoms with Gasteiger partial charge in [0, 0.05) is 6.07 Å². The lowest BCUT2D eigenvalue weighted by molar-refractivity contribution is -0.385. The topological polar surface area (TPSA) is 94.4 Å². The fourth-order valence-corrected chi connectivity index (χ4v) is 1.81. The van der Waals surface area contributed by atoms with Crippen LogP contribution in [0, 0.1) is 28.9 Å². The largest absolute Gasteiger partial charge is 0.445 e. The van der Waals surface area contributed by atoms with Gasteiger partial charge in [0.2, 0.25) is 0 Å². The Kier molecular flexibility index (Phi) is 5.86. The quantitative estimate of drug-likeness (QED) is 0.529. The molecule has 0 aliphatic carbocycles. The summed E-state index contributed by atoms with van der Waals surface area (Å²) in [5, 5.41) is 13.1. The number of amides is 1. The molecule has 1 heterocycles. The van der Waals surface area contributed by atoms with Crippen LogP contribution in [-0.4, -0.2) is 22.5 Å². The highest BCUT2D eigenvalue weighted by Crippen LogP contribution is 2.13. The summed E-state index contributed by atoms with van der Waals surface area (Å²) >= 11 is 0. The molecule has 0 bridgehead atoms. The van der Waals surface area contributed by atoms with Gasteiger partial charge in [0.15, 0.2) is 0 Å². The molecule has 0 atom stereocenters. The highest BCUT2D eigenvalue weighted by molar-refractivity contribution is 5.67. The van der Waals surface area contributed by atoms with Gasteiger partial charge in [-0.1, -0.05) is 36.3 Å². The predicted octanol–water partition coefficient (Wildman–Crippen LogP) is 2.58. The van der Waals surface area contributed by atoms with Crippen LogP contribution in [0.5, 0.6) is 0 Å². The average Bonchev–Trinajstić information content (AvgIpc) is 2.58. The number of hydrogen-bond donors (Lipinski definition) is 1. The monoisotopic (exact) mass is 325 g/mol. The Balaban J connectivity index is 1.81. The first kappa shape index (κ1) is 17.0. The molecule has 1 N–H and O–H groups in total. The van der Waals surface area contributed by atoms with Gasteiger partial charge in [-0.25, -0.2) is 9.78 Å². The molecule has 0 saturated heterocycles. The van der Waals surface area contributed by atoms with Crippen LogP contribution in [0.2, 0.25) is 0 Å². The number of ether oxygens (including phenoxy) is 1. The van der Waals surface area contributed by atoms with Crippen LogP contribution < -0.4 is 5.32 Å². The lowest BCUT2D eigenvalue weighted by Gasteiger charge is -2.04. The van der Waals surface area contributed by atoms with Crippen LogP contribution in [-0.2, 0) is 11.3 Å². The first-order valence-electron chi connectivity index (χ1n) is 7.10. The van der Waals surface area contributed by atoms with Crippen LogP contribution >= 0.6 is 0 Å². The Morgan fingerprint density at radius 2 is 2.12 bits per heavy atom. The van der Waals surface area contributed by atoms with Crippen LogP contribution in [0.4, 0.5) is 10.5 Å². The van der Waals surface area contributed by atoms with Crippen molar-refractivity contribution in [1.82, 2.24) is 10.3 Å². The van der Waals surface area contributed by atoms with Gasteiger partial charge < -0.3 is 10.1 Å². The van der Waals surface area contributed by atoms with Gasteiger partial charge in [-0.2, -0.15) is 0 Å². The number of benzene rings is 1. The first-order valence-corrected chi connectivity index (χ1v) is 7.10. The highest BCUT2D eigenvalue weighted by atomic mass is 16.6. The molecule has 7 heteroatoms. The summed E-state index contributed by atoms with van der Waals surface area (Å²) in [5.74, 6) is 5.48. The van der Waals surface area contributed by atoms with Gasteiger partial charge in [0.25, 0.3) is 5.69 Å². The molecule has 7 nitrogen and oxygen atoms in total. The maximum absolute atomic E-state index is 11.5. The van der Waals surface area contributed by atoms with E-state index in [0.29, 0.717) is 11.3 Å². The van der Waals surface area contributed by atoms with E-state index >= 15 is 0 Å². The second-order valence-electron chi connectivity index (χ2n) is 4.83. The molecule has 0 aliphatic rings. The average molecular weight is 325 g/mol. The van der Waals surface area contributed by atoms with E-state index in [1.165, 1.54) is 6.07 Å². The van der Waals surface area contributed by atoms with Crippen molar-refractivity contribution in [3.63, 3.8) is 0 Å². The van der Waals surface area contributed by atoms with Gasteiger partial charge in [-0.3, -0.25) is 10.1 Å². The highest BCUT2D eigenvalue weighted by Gasteiger charge is 2.07. The van der Waals surface area contributed by atoms with E-state index in [4.69, 9.17) is 4.74 Å². The van der Waals surface area contributed by atoms with Crippen molar-refractivity contribution >= 4 is 11.8 Å². The number of alkyl carbamates (subject to hydrolysis) is 1. The summed E-state index contributed by atoms with van der Waals surface area (Å²) in [4.78, 5) is 25.6. The summed E-state index contributed by atoms with van der Waals surface area (Å²) in [7, 11) is 0. The summed E-state index contributed by atoms with van der Waals surface area (Å²) in [6.07, 6.45) is 0.583. The van der Waals surface area contributed by atoms with Gasteiger partial charge >= 0.3 is 6.09 Å².